The van der Waals surface area contributed by atoms with E-state index in [2.05, 4.69) is 117 Å². The topological polar surface area (TPSA) is 3.24 Å². The largest absolute Gasteiger partial charge is 0.309 e. The molecule has 7 rings (SSSR count). The van der Waals surface area contributed by atoms with E-state index in [-0.39, 0.29) is 11.2 Å². The van der Waals surface area contributed by atoms with Crippen LogP contribution in [0.15, 0.2) is 115 Å². The molecule has 7 aromatic rings. The fourth-order valence-corrected chi connectivity index (χ4v) is 7.08. The summed E-state index contributed by atoms with van der Waals surface area (Å²) in [5.74, 6) is -0.236. The molecule has 3 heteroatoms. The van der Waals surface area contributed by atoms with Gasteiger partial charge in [-0.2, -0.15) is 0 Å². The fraction of sp³-hybridized carbons (Fsp3) is 0.111. The molecule has 0 fully saturated rings. The minimum absolute atomic E-state index is 0.0623. The van der Waals surface area contributed by atoms with Crippen LogP contribution in [0.25, 0.3) is 41.7 Å². The Hall–Kier alpha value is -4.21. The summed E-state index contributed by atoms with van der Waals surface area (Å²) in [5, 5.41) is 7.65. The van der Waals surface area contributed by atoms with Crippen LogP contribution in [-0.4, -0.2) is 0 Å². The number of rotatable bonds is 3. The van der Waals surface area contributed by atoms with E-state index in [0.29, 0.717) is 0 Å². The SMILES string of the molecule is CC(C)(C)c1ccc(N(c2ccc(F)cc2)c2cccc3c2sc2c4ccccc4c4ccccc4c32)cc1. The molecule has 0 amide bonds. The fourth-order valence-electron chi connectivity index (χ4n) is 5.72. The molecule has 0 spiro atoms. The van der Waals surface area contributed by atoms with Gasteiger partial charge in [-0.1, -0.05) is 93.6 Å². The van der Waals surface area contributed by atoms with E-state index in [1.54, 1.807) is 0 Å². The summed E-state index contributed by atoms with van der Waals surface area (Å²) >= 11 is 1.85. The molecule has 0 atom stereocenters. The third kappa shape index (κ3) is 3.88. The maximum Gasteiger partial charge on any atom is 0.123 e. The highest BCUT2D eigenvalue weighted by Crippen LogP contribution is 2.49. The minimum Gasteiger partial charge on any atom is -0.309 e. The van der Waals surface area contributed by atoms with Crippen molar-refractivity contribution in [1.29, 1.82) is 0 Å². The van der Waals surface area contributed by atoms with Crippen LogP contribution in [0.1, 0.15) is 26.3 Å². The molecule has 0 aliphatic rings. The Balaban J connectivity index is 1.55. The van der Waals surface area contributed by atoms with Gasteiger partial charge in [0.2, 0.25) is 0 Å². The molecule has 0 bridgehead atoms. The normalized spacial score (nSPS) is 12.1. The van der Waals surface area contributed by atoms with Crippen LogP contribution in [0.4, 0.5) is 21.5 Å². The van der Waals surface area contributed by atoms with Gasteiger partial charge in [0.1, 0.15) is 5.82 Å². The van der Waals surface area contributed by atoms with Crippen molar-refractivity contribution in [2.24, 2.45) is 0 Å². The lowest BCUT2D eigenvalue weighted by atomic mass is 9.87. The lowest BCUT2D eigenvalue weighted by Gasteiger charge is -2.27. The molecule has 190 valence electrons. The molecular formula is C36H28FNS. The number of thiophene rings is 1. The molecule has 1 aromatic heterocycles. The summed E-state index contributed by atoms with van der Waals surface area (Å²) in [6, 6.07) is 39.6. The first kappa shape index (κ1) is 23.9. The molecule has 0 unspecified atom stereocenters. The average molecular weight is 526 g/mol. The zero-order chi connectivity index (χ0) is 26.7. The number of nitrogens with zero attached hydrogens (tertiary/aromatic N) is 1. The van der Waals surface area contributed by atoms with Gasteiger partial charge in [-0.15, -0.1) is 11.3 Å². The summed E-state index contributed by atoms with van der Waals surface area (Å²) in [4.78, 5) is 2.26. The number of hydrogen-bond acceptors (Lipinski definition) is 2. The zero-order valence-corrected chi connectivity index (χ0v) is 23.0. The van der Waals surface area contributed by atoms with E-state index in [9.17, 15) is 4.39 Å². The number of fused-ring (bicyclic) bond motifs is 8. The van der Waals surface area contributed by atoms with Gasteiger partial charge in [0.15, 0.2) is 0 Å². The predicted molar refractivity (Wildman–Crippen MR) is 168 cm³/mol. The van der Waals surface area contributed by atoms with E-state index in [1.165, 1.54) is 59.4 Å². The molecular weight excluding hydrogens is 497 g/mol. The predicted octanol–water partition coefficient (Wildman–Crippen LogP) is 11.3. The van der Waals surface area contributed by atoms with Crippen molar-refractivity contribution in [1.82, 2.24) is 0 Å². The van der Waals surface area contributed by atoms with Crippen molar-refractivity contribution in [3.63, 3.8) is 0 Å². The van der Waals surface area contributed by atoms with Crippen LogP contribution < -0.4 is 4.90 Å². The highest BCUT2D eigenvalue weighted by atomic mass is 32.1. The molecule has 0 saturated carbocycles. The summed E-state index contributed by atoms with van der Waals surface area (Å²) < 4.78 is 16.5. The highest BCUT2D eigenvalue weighted by Gasteiger charge is 2.21. The van der Waals surface area contributed by atoms with Gasteiger partial charge in [-0.3, -0.25) is 0 Å². The van der Waals surface area contributed by atoms with Crippen LogP contribution in [-0.2, 0) is 5.41 Å². The second-order valence-electron chi connectivity index (χ2n) is 11.2. The summed E-state index contributed by atoms with van der Waals surface area (Å²) in [7, 11) is 0. The third-order valence-electron chi connectivity index (χ3n) is 7.67. The Morgan fingerprint density at radius 3 is 1.72 bits per heavy atom. The van der Waals surface area contributed by atoms with Gasteiger partial charge in [0, 0.05) is 32.2 Å². The molecule has 0 N–H and O–H groups in total. The van der Waals surface area contributed by atoms with Crippen LogP contribution in [0.5, 0.6) is 0 Å². The van der Waals surface area contributed by atoms with E-state index in [4.69, 9.17) is 0 Å². The van der Waals surface area contributed by atoms with E-state index < -0.39 is 0 Å². The molecule has 1 nitrogen and oxygen atoms in total. The Kier molecular flexibility index (Phi) is 5.47. The van der Waals surface area contributed by atoms with Crippen LogP contribution in [0.2, 0.25) is 0 Å². The van der Waals surface area contributed by atoms with Crippen molar-refractivity contribution in [2.45, 2.75) is 26.2 Å². The number of benzene rings is 6. The van der Waals surface area contributed by atoms with Crippen LogP contribution in [0.3, 0.4) is 0 Å². The number of hydrogen-bond donors (Lipinski definition) is 0. The summed E-state index contributed by atoms with van der Waals surface area (Å²) in [5.41, 5.74) is 4.42. The number of halogens is 1. The van der Waals surface area contributed by atoms with Gasteiger partial charge in [-0.05, 0) is 69.6 Å². The second-order valence-corrected chi connectivity index (χ2v) is 12.2. The lowest BCUT2D eigenvalue weighted by molar-refractivity contribution is 0.590. The standard InChI is InChI=1S/C36H28FNS/c1-36(2,3)23-15-19-25(20-16-23)38(26-21-17-24(37)18-22-26)32-14-8-13-31-33-29-11-6-4-9-27(29)28-10-5-7-12-30(28)35(33)39-34(31)32/h4-22H,1-3H3. The Morgan fingerprint density at radius 2 is 1.08 bits per heavy atom. The van der Waals surface area contributed by atoms with E-state index in [0.717, 1.165) is 17.1 Å². The summed E-state index contributed by atoms with van der Waals surface area (Å²) in [6.07, 6.45) is 0. The quantitative estimate of drug-likeness (QED) is 0.207. The van der Waals surface area contributed by atoms with Crippen LogP contribution >= 0.6 is 11.3 Å². The molecule has 0 aliphatic carbocycles. The lowest BCUT2D eigenvalue weighted by Crippen LogP contribution is -2.13. The maximum absolute atomic E-state index is 14.0. The molecule has 1 heterocycles. The number of anilines is 3. The Morgan fingerprint density at radius 1 is 0.538 bits per heavy atom. The minimum atomic E-state index is -0.236. The average Bonchev–Trinajstić information content (AvgIpc) is 3.35. The maximum atomic E-state index is 14.0. The zero-order valence-electron chi connectivity index (χ0n) is 22.2. The Labute approximate surface area is 231 Å². The molecule has 39 heavy (non-hydrogen) atoms. The Bertz CT molecular complexity index is 1990. The first-order valence-corrected chi connectivity index (χ1v) is 14.1. The van der Waals surface area contributed by atoms with Gasteiger partial charge in [-0.25, -0.2) is 4.39 Å². The smallest absolute Gasteiger partial charge is 0.123 e. The third-order valence-corrected chi connectivity index (χ3v) is 8.93. The van der Waals surface area contributed by atoms with Crippen molar-refractivity contribution < 1.29 is 4.39 Å². The molecule has 0 radical (unpaired) electrons. The van der Waals surface area contributed by atoms with E-state index in [1.807, 2.05) is 23.5 Å². The van der Waals surface area contributed by atoms with Gasteiger partial charge in [0.05, 0.1) is 10.4 Å². The van der Waals surface area contributed by atoms with Crippen molar-refractivity contribution >= 4 is 70.1 Å². The monoisotopic (exact) mass is 525 g/mol. The molecule has 0 saturated heterocycles. The van der Waals surface area contributed by atoms with Crippen molar-refractivity contribution in [2.75, 3.05) is 4.90 Å². The van der Waals surface area contributed by atoms with Crippen LogP contribution in [0, 0.1) is 5.82 Å². The van der Waals surface area contributed by atoms with Gasteiger partial charge in [0.25, 0.3) is 0 Å². The van der Waals surface area contributed by atoms with Crippen molar-refractivity contribution in [3.8, 4) is 0 Å². The molecule has 6 aromatic carbocycles. The second kappa shape index (κ2) is 8.93. The highest BCUT2D eigenvalue weighted by molar-refractivity contribution is 7.27. The first-order chi connectivity index (χ1) is 18.9. The van der Waals surface area contributed by atoms with Crippen molar-refractivity contribution in [3.05, 3.63) is 127 Å². The molecule has 0 aliphatic heterocycles. The summed E-state index contributed by atoms with van der Waals surface area (Å²) in [6.45, 7) is 6.69. The first-order valence-electron chi connectivity index (χ1n) is 13.3. The van der Waals surface area contributed by atoms with E-state index >= 15 is 0 Å². The van der Waals surface area contributed by atoms with Gasteiger partial charge >= 0.3 is 0 Å². The van der Waals surface area contributed by atoms with Gasteiger partial charge < -0.3 is 4.90 Å².